The van der Waals surface area contributed by atoms with Crippen LogP contribution >= 0.6 is 0 Å². The van der Waals surface area contributed by atoms with Gasteiger partial charge >= 0.3 is 12.2 Å². The lowest BCUT2D eigenvalue weighted by molar-refractivity contribution is 0.00317. The molecule has 0 spiro atoms. The molecule has 2 amide bonds. The molecule has 0 radical (unpaired) electrons. The quantitative estimate of drug-likeness (QED) is 0.847. The summed E-state index contributed by atoms with van der Waals surface area (Å²) < 4.78 is 5.35. The van der Waals surface area contributed by atoms with Gasteiger partial charge in [0.05, 0.1) is 6.04 Å². The summed E-state index contributed by atoms with van der Waals surface area (Å²) in [6.07, 6.45) is -0.540. The summed E-state index contributed by atoms with van der Waals surface area (Å²) in [6.45, 7) is 10.7. The van der Waals surface area contributed by atoms with E-state index in [0.717, 1.165) is 6.42 Å². The van der Waals surface area contributed by atoms with Crippen molar-refractivity contribution in [3.05, 3.63) is 0 Å². The van der Waals surface area contributed by atoms with Gasteiger partial charge in [-0.25, -0.2) is 9.59 Å². The lowest BCUT2D eigenvalue weighted by Crippen LogP contribution is -2.57. The minimum Gasteiger partial charge on any atom is -0.465 e. The zero-order valence-electron chi connectivity index (χ0n) is 13.0. The Labute approximate surface area is 120 Å². The molecule has 1 heterocycles. The summed E-state index contributed by atoms with van der Waals surface area (Å²) in [5.74, 6) is 0.375. The summed E-state index contributed by atoms with van der Waals surface area (Å²) >= 11 is 0. The molecule has 116 valence electrons. The van der Waals surface area contributed by atoms with Crippen LogP contribution in [0.2, 0.25) is 0 Å². The van der Waals surface area contributed by atoms with E-state index >= 15 is 0 Å². The summed E-state index contributed by atoms with van der Waals surface area (Å²) in [6, 6.07) is -0.159. The number of carbonyl (C=O) groups excluding carboxylic acids is 1. The van der Waals surface area contributed by atoms with E-state index in [1.165, 1.54) is 4.90 Å². The first-order valence-electron chi connectivity index (χ1n) is 7.07. The van der Waals surface area contributed by atoms with Crippen LogP contribution in [0.25, 0.3) is 0 Å². The van der Waals surface area contributed by atoms with Crippen LogP contribution in [0.1, 0.15) is 41.0 Å². The van der Waals surface area contributed by atoms with Gasteiger partial charge in [0.1, 0.15) is 5.60 Å². The van der Waals surface area contributed by atoms with E-state index in [0.29, 0.717) is 25.6 Å². The minimum atomic E-state index is -0.917. The molecule has 1 saturated heterocycles. The molecule has 20 heavy (non-hydrogen) atoms. The summed E-state index contributed by atoms with van der Waals surface area (Å²) in [5, 5.41) is 9.22. The maximum Gasteiger partial charge on any atom is 0.410 e. The topological polar surface area (TPSA) is 70.1 Å². The average Bonchev–Trinajstić information content (AvgIpc) is 2.25. The fraction of sp³-hybridized carbons (Fsp3) is 0.857. The first-order valence-corrected chi connectivity index (χ1v) is 7.07. The maximum absolute atomic E-state index is 12.1. The molecule has 1 atom stereocenters. The Morgan fingerprint density at radius 3 is 2.35 bits per heavy atom. The second-order valence-corrected chi connectivity index (χ2v) is 6.69. The Kier molecular flexibility index (Phi) is 5.25. The van der Waals surface area contributed by atoms with E-state index in [1.54, 1.807) is 4.90 Å². The maximum atomic E-state index is 12.1. The van der Waals surface area contributed by atoms with Gasteiger partial charge in [0, 0.05) is 19.6 Å². The molecule has 0 aromatic carbocycles. The molecule has 1 unspecified atom stereocenters. The van der Waals surface area contributed by atoms with Gasteiger partial charge in [0.15, 0.2) is 0 Å². The lowest BCUT2D eigenvalue weighted by Gasteiger charge is -2.40. The number of ether oxygens (including phenoxy) is 1. The molecule has 1 aliphatic heterocycles. The van der Waals surface area contributed by atoms with Crippen LogP contribution in [-0.2, 0) is 4.74 Å². The van der Waals surface area contributed by atoms with Crippen LogP contribution in [-0.4, -0.2) is 58.4 Å². The molecule has 0 bridgehead atoms. The highest BCUT2D eigenvalue weighted by Crippen LogP contribution is 2.19. The number of rotatable bonds is 2. The van der Waals surface area contributed by atoms with Crippen LogP contribution in [0.3, 0.4) is 0 Å². The monoisotopic (exact) mass is 286 g/mol. The lowest BCUT2D eigenvalue weighted by atomic mass is 10.0. The fourth-order valence-corrected chi connectivity index (χ4v) is 2.35. The molecule has 1 aliphatic rings. The van der Waals surface area contributed by atoms with Gasteiger partial charge in [0.2, 0.25) is 0 Å². The van der Waals surface area contributed by atoms with Crippen molar-refractivity contribution in [3.63, 3.8) is 0 Å². The largest absolute Gasteiger partial charge is 0.465 e. The molecule has 1 fully saturated rings. The second-order valence-electron chi connectivity index (χ2n) is 6.69. The van der Waals surface area contributed by atoms with Crippen LogP contribution in [0, 0.1) is 5.92 Å². The van der Waals surface area contributed by atoms with Crippen molar-refractivity contribution < 1.29 is 19.4 Å². The summed E-state index contributed by atoms with van der Waals surface area (Å²) in [7, 11) is 0. The summed E-state index contributed by atoms with van der Waals surface area (Å²) in [5.41, 5.74) is -0.533. The third kappa shape index (κ3) is 4.90. The number of carbonyl (C=O) groups is 2. The van der Waals surface area contributed by atoms with Gasteiger partial charge in [-0.05, 0) is 33.1 Å². The zero-order valence-corrected chi connectivity index (χ0v) is 13.0. The predicted octanol–water partition coefficient (Wildman–Crippen LogP) is 2.63. The van der Waals surface area contributed by atoms with Crippen molar-refractivity contribution in [2.24, 2.45) is 5.92 Å². The highest BCUT2D eigenvalue weighted by molar-refractivity contribution is 5.70. The van der Waals surface area contributed by atoms with E-state index in [2.05, 4.69) is 0 Å². The van der Waals surface area contributed by atoms with E-state index in [1.807, 2.05) is 34.6 Å². The van der Waals surface area contributed by atoms with Gasteiger partial charge in [-0.3, -0.25) is 0 Å². The third-order valence-electron chi connectivity index (χ3n) is 3.12. The molecule has 0 saturated carbocycles. The fourth-order valence-electron chi connectivity index (χ4n) is 2.35. The van der Waals surface area contributed by atoms with E-state index < -0.39 is 11.7 Å². The van der Waals surface area contributed by atoms with E-state index in [9.17, 15) is 14.7 Å². The number of hydrogen-bond donors (Lipinski definition) is 1. The second kappa shape index (κ2) is 6.33. The van der Waals surface area contributed by atoms with Crippen molar-refractivity contribution in [1.82, 2.24) is 9.80 Å². The van der Waals surface area contributed by atoms with E-state index in [-0.39, 0.29) is 12.1 Å². The molecule has 0 aliphatic carbocycles. The Hall–Kier alpha value is -1.46. The smallest absolute Gasteiger partial charge is 0.410 e. The van der Waals surface area contributed by atoms with E-state index in [4.69, 9.17) is 4.74 Å². The van der Waals surface area contributed by atoms with Crippen molar-refractivity contribution in [2.75, 3.05) is 19.6 Å². The molecule has 0 aromatic rings. The minimum absolute atomic E-state index is 0.159. The van der Waals surface area contributed by atoms with Crippen LogP contribution in [0.5, 0.6) is 0 Å². The Balaban J connectivity index is 2.70. The third-order valence-corrected chi connectivity index (χ3v) is 3.12. The van der Waals surface area contributed by atoms with Crippen LogP contribution in [0.15, 0.2) is 0 Å². The number of piperazine rings is 1. The standard InChI is InChI=1S/C14H26N2O4/c1-10(2)8-11-9-15(6-7-16(11)12(17)18)13(19)20-14(3,4)5/h10-11H,6-9H2,1-5H3,(H,17,18). The summed E-state index contributed by atoms with van der Waals surface area (Å²) in [4.78, 5) is 26.3. The van der Waals surface area contributed by atoms with Crippen molar-refractivity contribution in [2.45, 2.75) is 52.7 Å². The number of carboxylic acid groups (broad SMARTS) is 1. The van der Waals surface area contributed by atoms with Gasteiger partial charge < -0.3 is 19.6 Å². The Morgan fingerprint density at radius 1 is 1.30 bits per heavy atom. The zero-order chi connectivity index (χ0) is 15.5. The number of nitrogens with zero attached hydrogens (tertiary/aromatic N) is 2. The molecule has 0 aromatic heterocycles. The van der Waals surface area contributed by atoms with Crippen molar-refractivity contribution in [1.29, 1.82) is 0 Å². The number of hydrogen-bond acceptors (Lipinski definition) is 3. The first-order chi connectivity index (χ1) is 9.10. The van der Waals surface area contributed by atoms with Crippen molar-refractivity contribution >= 4 is 12.2 Å². The molecule has 6 heteroatoms. The average molecular weight is 286 g/mol. The SMILES string of the molecule is CC(C)CC1CN(C(=O)OC(C)(C)C)CCN1C(=O)O. The molecule has 1 rings (SSSR count). The predicted molar refractivity (Wildman–Crippen MR) is 75.8 cm³/mol. The normalized spacial score (nSPS) is 20.2. The molecular formula is C14H26N2O4. The Bertz CT molecular complexity index is 363. The highest BCUT2D eigenvalue weighted by Gasteiger charge is 2.34. The van der Waals surface area contributed by atoms with Crippen LogP contribution < -0.4 is 0 Å². The van der Waals surface area contributed by atoms with Crippen LogP contribution in [0.4, 0.5) is 9.59 Å². The van der Waals surface area contributed by atoms with Gasteiger partial charge in [-0.2, -0.15) is 0 Å². The van der Waals surface area contributed by atoms with Gasteiger partial charge in [-0.1, -0.05) is 13.8 Å². The Morgan fingerprint density at radius 2 is 1.90 bits per heavy atom. The highest BCUT2D eigenvalue weighted by atomic mass is 16.6. The molecule has 1 N–H and O–H groups in total. The van der Waals surface area contributed by atoms with Gasteiger partial charge in [0.25, 0.3) is 0 Å². The molecule has 6 nitrogen and oxygen atoms in total. The number of amides is 2. The first kappa shape index (κ1) is 16.6. The van der Waals surface area contributed by atoms with Gasteiger partial charge in [-0.15, -0.1) is 0 Å². The molecular weight excluding hydrogens is 260 g/mol. The van der Waals surface area contributed by atoms with Crippen molar-refractivity contribution in [3.8, 4) is 0 Å².